The first kappa shape index (κ1) is 49.8. The van der Waals surface area contributed by atoms with E-state index in [0.717, 1.165) is 0 Å². The van der Waals surface area contributed by atoms with Crippen LogP contribution in [0.3, 0.4) is 0 Å². The summed E-state index contributed by atoms with van der Waals surface area (Å²) in [6.07, 6.45) is -7.70. The van der Waals surface area contributed by atoms with E-state index >= 15 is 0 Å². The van der Waals surface area contributed by atoms with Crippen LogP contribution in [0.5, 0.6) is 0 Å². The highest BCUT2D eigenvalue weighted by atomic mass is 16.7. The fraction of sp³-hybridized carbons (Fsp3) is 0.951. The number of hydrogen-bond acceptors (Lipinski definition) is 16. The number of likely N-dealkylation sites (N-methyl/N-ethyl adjacent to an activating group) is 1. The fourth-order valence-electron chi connectivity index (χ4n) is 8.88. The van der Waals surface area contributed by atoms with Crippen molar-refractivity contribution in [3.05, 3.63) is 0 Å². The number of carbonyl (C=O) groups is 1. The third-order valence-corrected chi connectivity index (χ3v) is 12.6. The van der Waals surface area contributed by atoms with E-state index in [2.05, 4.69) is 5.16 Å². The van der Waals surface area contributed by atoms with E-state index in [0.29, 0.717) is 31.8 Å². The molecule has 16 heteroatoms. The molecular weight excluding hydrogens is 744 g/mol. The minimum Gasteiger partial charge on any atom is -0.462 e. The molecule has 0 aromatic rings. The summed E-state index contributed by atoms with van der Waals surface area (Å²) < 4.78 is 48.4. The molecule has 3 saturated heterocycles. The van der Waals surface area contributed by atoms with Crippen LogP contribution in [-0.4, -0.2) is 164 Å². The lowest BCUT2D eigenvalue weighted by molar-refractivity contribution is -0.317. The zero-order chi connectivity index (χ0) is 43.0. The van der Waals surface area contributed by atoms with Crippen LogP contribution in [0.15, 0.2) is 5.16 Å². The Morgan fingerprint density at radius 1 is 0.895 bits per heavy atom. The van der Waals surface area contributed by atoms with Gasteiger partial charge in [0.25, 0.3) is 0 Å². The van der Waals surface area contributed by atoms with Gasteiger partial charge in [0.05, 0.1) is 66.6 Å². The maximum atomic E-state index is 14.3. The number of aliphatic hydroxyl groups excluding tert-OH is 3. The third kappa shape index (κ3) is 12.5. The molecule has 3 rings (SSSR count). The first-order chi connectivity index (χ1) is 26.6. The van der Waals surface area contributed by atoms with Crippen molar-refractivity contribution in [1.29, 1.82) is 0 Å². The number of nitrogens with zero attached hydrogens (tertiary/aromatic N) is 2. The topological polar surface area (TPSA) is 197 Å². The molecule has 3 aliphatic heterocycles. The van der Waals surface area contributed by atoms with E-state index in [1.807, 2.05) is 60.5 Å². The molecule has 0 radical (unpaired) electrons. The van der Waals surface area contributed by atoms with E-state index in [-0.39, 0.29) is 31.8 Å². The highest BCUT2D eigenvalue weighted by Crippen LogP contribution is 2.40. The molecule has 0 unspecified atom stereocenters. The summed E-state index contributed by atoms with van der Waals surface area (Å²) in [4.78, 5) is 21.8. The summed E-state index contributed by atoms with van der Waals surface area (Å²) in [5.74, 6) is -3.88. The Labute approximate surface area is 340 Å². The quantitative estimate of drug-likeness (QED) is 0.0915. The number of cyclic esters (lactones) is 1. The smallest absolute Gasteiger partial charge is 0.311 e. The van der Waals surface area contributed by atoms with Gasteiger partial charge < -0.3 is 68.1 Å². The second-order valence-corrected chi connectivity index (χ2v) is 17.5. The van der Waals surface area contributed by atoms with Crippen LogP contribution in [0.2, 0.25) is 0 Å². The summed E-state index contributed by atoms with van der Waals surface area (Å²) in [6, 6.07) is -0.301. The predicted octanol–water partition coefficient (Wildman–Crippen LogP) is 3.09. The number of aliphatic hydroxyl groups is 4. The van der Waals surface area contributed by atoms with Gasteiger partial charge in [-0.05, 0) is 68.0 Å². The zero-order valence-corrected chi connectivity index (χ0v) is 37.0. The minimum absolute atomic E-state index is 0.0588. The summed E-state index contributed by atoms with van der Waals surface area (Å²) >= 11 is 0. The van der Waals surface area contributed by atoms with Crippen molar-refractivity contribution in [3.8, 4) is 0 Å². The van der Waals surface area contributed by atoms with Crippen molar-refractivity contribution in [2.75, 3.05) is 48.3 Å². The van der Waals surface area contributed by atoms with Crippen LogP contribution >= 0.6 is 0 Å². The molecule has 0 aromatic carbocycles. The van der Waals surface area contributed by atoms with Crippen molar-refractivity contribution in [1.82, 2.24) is 4.90 Å². The first-order valence-electron chi connectivity index (χ1n) is 20.7. The van der Waals surface area contributed by atoms with Gasteiger partial charge >= 0.3 is 5.97 Å². The van der Waals surface area contributed by atoms with Gasteiger partial charge in [0.1, 0.15) is 18.3 Å². The lowest BCUT2D eigenvalue weighted by atomic mass is 9.74. The summed E-state index contributed by atoms with van der Waals surface area (Å²) in [6.45, 7) is 18.5. The van der Waals surface area contributed by atoms with Crippen LogP contribution in [0.25, 0.3) is 0 Å². The molecule has 4 N–H and O–H groups in total. The minimum atomic E-state index is -1.69. The van der Waals surface area contributed by atoms with E-state index < -0.39 is 102 Å². The number of ether oxygens (including phenoxy) is 8. The highest BCUT2D eigenvalue weighted by Gasteiger charge is 2.52. The maximum Gasteiger partial charge on any atom is 0.311 e. The van der Waals surface area contributed by atoms with Gasteiger partial charge in [0.2, 0.25) is 6.79 Å². The number of esters is 1. The first-order valence-corrected chi connectivity index (χ1v) is 20.7. The van der Waals surface area contributed by atoms with Crippen molar-refractivity contribution >= 4 is 11.7 Å². The number of methoxy groups -OCH3 is 2. The van der Waals surface area contributed by atoms with Crippen LogP contribution in [0.1, 0.15) is 94.9 Å². The van der Waals surface area contributed by atoms with Crippen LogP contribution in [-0.2, 0) is 47.5 Å². The Kier molecular flexibility index (Phi) is 19.1. The molecule has 0 spiro atoms. The lowest BCUT2D eigenvalue weighted by Crippen LogP contribution is -2.60. The van der Waals surface area contributed by atoms with E-state index in [1.165, 1.54) is 7.11 Å². The maximum absolute atomic E-state index is 14.3. The molecule has 0 bridgehead atoms. The molecule has 18 atom stereocenters. The van der Waals surface area contributed by atoms with Gasteiger partial charge in [-0.1, -0.05) is 39.8 Å². The Hall–Kier alpha value is -1.54. The Bertz CT molecular complexity index is 1260. The number of carbonyl (C=O) groups excluding carboxylic acids is 1. The molecule has 16 nitrogen and oxygen atoms in total. The van der Waals surface area contributed by atoms with Crippen molar-refractivity contribution in [2.24, 2.45) is 34.7 Å². The van der Waals surface area contributed by atoms with Crippen LogP contribution < -0.4 is 0 Å². The Morgan fingerprint density at radius 3 is 2.16 bits per heavy atom. The average molecular weight is 821 g/mol. The number of rotatable bonds is 13. The van der Waals surface area contributed by atoms with Crippen molar-refractivity contribution in [2.45, 2.75) is 174 Å². The molecule has 0 amide bonds. The monoisotopic (exact) mass is 821 g/mol. The molecule has 0 aromatic heterocycles. The second-order valence-electron chi connectivity index (χ2n) is 17.5. The number of oxime groups is 1. The van der Waals surface area contributed by atoms with Crippen molar-refractivity contribution in [3.63, 3.8) is 0 Å². The SMILES string of the molecule is CC[C@H]1OC(=O)[C@H](C)[C@@H](O[C@H]2C[C@@](C)(OC)[C@@H](O)[C@H](C)O2)[C@@H](C)[C@@H](O[C@@H]2O[C@H](C)C[C@H](N(C)C)[C@H]2O)[C@](C)(O)C[C@@H](C)/C(=N\OCOCCOC)[C@H](C)[C@H](O)[C@H]1C. The third-order valence-electron chi connectivity index (χ3n) is 12.6. The molecule has 334 valence electrons. The lowest BCUT2D eigenvalue weighted by Gasteiger charge is -2.49. The molecule has 3 aliphatic rings. The predicted molar refractivity (Wildman–Crippen MR) is 211 cm³/mol. The van der Waals surface area contributed by atoms with Crippen molar-refractivity contribution < 1.29 is 68.0 Å². The molecule has 57 heavy (non-hydrogen) atoms. The summed E-state index contributed by atoms with van der Waals surface area (Å²) in [7, 11) is 6.84. The van der Waals surface area contributed by atoms with Gasteiger partial charge in [-0.15, -0.1) is 0 Å². The normalized spacial score (nSPS) is 45.1. The van der Waals surface area contributed by atoms with Gasteiger partial charge in [-0.2, -0.15) is 0 Å². The molecule has 3 fully saturated rings. The summed E-state index contributed by atoms with van der Waals surface area (Å²) in [5.41, 5.74) is -2.25. The zero-order valence-electron chi connectivity index (χ0n) is 37.0. The molecule has 0 aliphatic carbocycles. The second kappa shape index (κ2) is 21.8. The van der Waals surface area contributed by atoms with E-state index in [4.69, 9.17) is 42.7 Å². The highest BCUT2D eigenvalue weighted by molar-refractivity contribution is 5.88. The fourth-order valence-corrected chi connectivity index (χ4v) is 8.88. The van der Waals surface area contributed by atoms with Gasteiger partial charge in [-0.3, -0.25) is 4.79 Å². The average Bonchev–Trinajstić information content (AvgIpc) is 3.15. The van der Waals surface area contributed by atoms with Crippen LogP contribution in [0, 0.1) is 29.6 Å². The Balaban J connectivity index is 2.19. The molecular formula is C41H76N2O14. The summed E-state index contributed by atoms with van der Waals surface area (Å²) in [5, 5.41) is 51.7. The standard InChI is InChI=1S/C41H76N2O14/c1-15-30-24(4)33(44)25(5)32(42-52-21-51-17-16-49-13)22(2)19-40(9,48)37(57-39-34(45)29(43(11)12)18-23(3)53-39)26(6)35(27(7)38(47)55-30)56-31-20-41(10,50-14)36(46)28(8)54-31/h22-31,33-37,39,44-46,48H,15-21H2,1-14H3/b42-32+/t22-,23-,24+,25+,26-,27-,28+,29+,30-,31+,33-,34-,35+,36+,37-,39+,40-,41-/m1/s1. The van der Waals surface area contributed by atoms with Gasteiger partial charge in [0.15, 0.2) is 12.6 Å². The van der Waals surface area contributed by atoms with E-state index in [9.17, 15) is 25.2 Å². The molecule has 3 heterocycles. The largest absolute Gasteiger partial charge is 0.462 e. The number of hydrogen-bond donors (Lipinski definition) is 4. The van der Waals surface area contributed by atoms with E-state index in [1.54, 1.807) is 34.8 Å². The van der Waals surface area contributed by atoms with Crippen LogP contribution in [0.4, 0.5) is 0 Å². The van der Waals surface area contributed by atoms with Gasteiger partial charge in [0, 0.05) is 50.4 Å². The molecule has 0 saturated carbocycles. The van der Waals surface area contributed by atoms with Gasteiger partial charge in [-0.25, -0.2) is 0 Å². The Morgan fingerprint density at radius 2 is 1.56 bits per heavy atom.